The van der Waals surface area contributed by atoms with E-state index in [0.29, 0.717) is 21.6 Å². The third-order valence-corrected chi connectivity index (χ3v) is 8.32. The molecule has 0 unspecified atom stereocenters. The zero-order chi connectivity index (χ0) is 30.7. The number of imidazole rings is 1. The van der Waals surface area contributed by atoms with Crippen molar-refractivity contribution in [2.24, 2.45) is 0 Å². The van der Waals surface area contributed by atoms with Crippen LogP contribution in [0.1, 0.15) is 30.7 Å². The molecule has 13 heteroatoms. The minimum atomic E-state index is -3.66. The van der Waals surface area contributed by atoms with Crippen LogP contribution in [0, 0.1) is 17.5 Å². The Hall–Kier alpha value is -3.19. The second-order valence-electron chi connectivity index (χ2n) is 9.74. The van der Waals surface area contributed by atoms with E-state index in [1.807, 2.05) is 30.5 Å². The normalized spacial score (nSPS) is 12.0. The molecule has 0 N–H and O–H groups in total. The third kappa shape index (κ3) is 7.41. The summed E-state index contributed by atoms with van der Waals surface area (Å²) in [6, 6.07) is 13.3. The number of hydrogen-bond donors (Lipinski definition) is 0. The molecule has 7 nitrogen and oxygen atoms in total. The van der Waals surface area contributed by atoms with Crippen molar-refractivity contribution in [1.82, 2.24) is 9.55 Å². The third-order valence-electron chi connectivity index (χ3n) is 6.44. The molecule has 0 amide bonds. The quantitative estimate of drug-likeness (QED) is 0.0944. The van der Waals surface area contributed by atoms with E-state index in [4.69, 9.17) is 21.1 Å². The second kappa shape index (κ2) is 13.0. The van der Waals surface area contributed by atoms with Gasteiger partial charge in [0.1, 0.15) is 42.2 Å². The van der Waals surface area contributed by atoms with Gasteiger partial charge in [-0.1, -0.05) is 43.3 Å². The fourth-order valence-corrected chi connectivity index (χ4v) is 5.77. The summed E-state index contributed by atoms with van der Waals surface area (Å²) in [6.45, 7) is 3.46. The maximum atomic E-state index is 14.9. The Morgan fingerprint density at radius 2 is 1.67 bits per heavy atom. The number of halogens is 4. The molecule has 3 aromatic carbocycles. The summed E-state index contributed by atoms with van der Waals surface area (Å²) < 4.78 is 82.8. The Bertz CT molecular complexity index is 1660. The van der Waals surface area contributed by atoms with Crippen molar-refractivity contribution >= 4 is 33.5 Å². The number of nitrogens with zero attached hydrogens (tertiary/aromatic N) is 2. The summed E-state index contributed by atoms with van der Waals surface area (Å²) in [7, 11) is -2.13. The lowest BCUT2D eigenvalue weighted by Crippen LogP contribution is -2.23. The first kappa shape index (κ1) is 31.7. The van der Waals surface area contributed by atoms with Gasteiger partial charge in [-0.15, -0.1) is 0 Å². The lowest BCUT2D eigenvalue weighted by Gasteiger charge is -2.28. The topological polar surface area (TPSA) is 79.7 Å². The van der Waals surface area contributed by atoms with Crippen molar-refractivity contribution in [1.29, 1.82) is 0 Å². The molecular formula is C29H28ClF3N2O5S2. The van der Waals surface area contributed by atoms with Gasteiger partial charge in [-0.3, -0.25) is 8.75 Å². The second-order valence-corrected chi connectivity index (χ2v) is 12.7. The van der Waals surface area contributed by atoms with E-state index in [9.17, 15) is 21.6 Å². The first-order chi connectivity index (χ1) is 19.8. The highest BCUT2D eigenvalue weighted by atomic mass is 35.5. The van der Waals surface area contributed by atoms with Crippen LogP contribution in [0.4, 0.5) is 13.2 Å². The molecule has 0 aliphatic carbocycles. The maximum absolute atomic E-state index is 14.9. The van der Waals surface area contributed by atoms with Gasteiger partial charge in [0.15, 0.2) is 5.16 Å². The number of hydrogen-bond acceptors (Lipinski definition) is 7. The number of ether oxygens (including phenoxy) is 2. The average molecular weight is 641 g/mol. The zero-order valence-electron chi connectivity index (χ0n) is 23.2. The Morgan fingerprint density at radius 1 is 1.00 bits per heavy atom. The summed E-state index contributed by atoms with van der Waals surface area (Å²) in [6.07, 6.45) is 2.56. The monoisotopic (exact) mass is 640 g/mol. The van der Waals surface area contributed by atoms with Gasteiger partial charge in [-0.05, 0) is 42.0 Å². The van der Waals surface area contributed by atoms with Crippen LogP contribution >= 0.6 is 23.4 Å². The Kier molecular flexibility index (Phi) is 9.81. The summed E-state index contributed by atoms with van der Waals surface area (Å²) in [5, 5.41) is 0.894. The molecule has 0 atom stereocenters. The van der Waals surface area contributed by atoms with E-state index >= 15 is 0 Å². The predicted molar refractivity (Wildman–Crippen MR) is 156 cm³/mol. The first-order valence-corrected chi connectivity index (χ1v) is 15.7. The molecule has 4 rings (SSSR count). The van der Waals surface area contributed by atoms with Gasteiger partial charge in [-0.2, -0.15) is 8.42 Å². The van der Waals surface area contributed by atoms with Crippen LogP contribution in [0.25, 0.3) is 5.69 Å². The molecule has 0 aliphatic rings. The molecule has 0 saturated heterocycles. The first-order valence-electron chi connectivity index (χ1n) is 12.6. The van der Waals surface area contributed by atoms with Gasteiger partial charge >= 0.3 is 0 Å². The van der Waals surface area contributed by atoms with Crippen molar-refractivity contribution in [3.05, 3.63) is 100 Å². The molecule has 4 aromatic rings. The molecule has 0 saturated carbocycles. The van der Waals surface area contributed by atoms with Gasteiger partial charge in [0, 0.05) is 34.6 Å². The van der Waals surface area contributed by atoms with E-state index < -0.39 is 33.0 Å². The largest absolute Gasteiger partial charge is 0.495 e. The van der Waals surface area contributed by atoms with Gasteiger partial charge in [0.2, 0.25) is 0 Å². The fraction of sp³-hybridized carbons (Fsp3) is 0.276. The minimum absolute atomic E-state index is 0.105. The Morgan fingerprint density at radius 3 is 2.29 bits per heavy atom. The van der Waals surface area contributed by atoms with Crippen LogP contribution in [0.2, 0.25) is 5.02 Å². The number of thioether (sulfide) groups is 1. The van der Waals surface area contributed by atoms with Gasteiger partial charge in [-0.25, -0.2) is 18.2 Å². The van der Waals surface area contributed by atoms with E-state index in [-0.39, 0.29) is 30.3 Å². The number of benzene rings is 3. The summed E-state index contributed by atoms with van der Waals surface area (Å²) in [5.41, 5.74) is 1.38. The lowest BCUT2D eigenvalue weighted by atomic mass is 9.81. The number of aromatic nitrogens is 2. The van der Waals surface area contributed by atoms with Crippen molar-refractivity contribution in [2.75, 3.05) is 26.6 Å². The van der Waals surface area contributed by atoms with Crippen LogP contribution in [0.5, 0.6) is 11.5 Å². The van der Waals surface area contributed by atoms with Crippen molar-refractivity contribution < 1.29 is 35.2 Å². The Labute approximate surface area is 251 Å². The molecule has 1 heterocycles. The predicted octanol–water partition coefficient (Wildman–Crippen LogP) is 6.92. The van der Waals surface area contributed by atoms with Crippen LogP contribution in [0.3, 0.4) is 0 Å². The summed E-state index contributed by atoms with van der Waals surface area (Å²) >= 11 is 7.35. The van der Waals surface area contributed by atoms with Crippen molar-refractivity contribution in [3.8, 4) is 17.2 Å². The zero-order valence-corrected chi connectivity index (χ0v) is 25.5. The standard InChI is InChI=1S/C29H28ClF3N2O5S2/c1-29(2,18-5-10-23(30)26(13-18)38-3)27-16-34-28(35(27)20-8-6-19(31)7-9-20)41-17-22-24(32)14-21(15-25(22)33)39-11-12-40-42(4,36)37/h5-10,13-16H,11-12,17H2,1-4H3. The van der Waals surface area contributed by atoms with Gasteiger partial charge in [0.05, 0.1) is 30.3 Å². The van der Waals surface area contributed by atoms with Crippen LogP contribution in [-0.2, 0) is 25.5 Å². The number of rotatable bonds is 12. The van der Waals surface area contributed by atoms with Crippen LogP contribution < -0.4 is 9.47 Å². The van der Waals surface area contributed by atoms with Crippen LogP contribution in [-0.4, -0.2) is 44.5 Å². The molecule has 0 aliphatic heterocycles. The highest BCUT2D eigenvalue weighted by molar-refractivity contribution is 7.98. The van der Waals surface area contributed by atoms with Crippen molar-refractivity contribution in [3.63, 3.8) is 0 Å². The molecule has 1 aromatic heterocycles. The molecular weight excluding hydrogens is 613 g/mol. The average Bonchev–Trinajstić information content (AvgIpc) is 3.35. The maximum Gasteiger partial charge on any atom is 0.264 e. The van der Waals surface area contributed by atoms with E-state index in [0.717, 1.165) is 41.4 Å². The number of methoxy groups -OCH3 is 1. The van der Waals surface area contributed by atoms with Crippen molar-refractivity contribution in [2.45, 2.75) is 30.2 Å². The smallest absolute Gasteiger partial charge is 0.264 e. The summed E-state index contributed by atoms with van der Waals surface area (Å²) in [5.74, 6) is -1.80. The fourth-order valence-electron chi connectivity index (χ4n) is 4.20. The SMILES string of the molecule is COc1cc(C(C)(C)c2cnc(SCc3c(F)cc(OCCOS(C)(=O)=O)cc3F)n2-c2ccc(F)cc2)ccc1Cl. The van der Waals surface area contributed by atoms with Gasteiger partial charge < -0.3 is 9.47 Å². The Balaban J connectivity index is 1.63. The molecule has 224 valence electrons. The highest BCUT2D eigenvalue weighted by Gasteiger charge is 2.30. The molecule has 0 fully saturated rings. The van der Waals surface area contributed by atoms with E-state index in [1.54, 1.807) is 24.4 Å². The minimum Gasteiger partial charge on any atom is -0.495 e. The molecule has 0 spiro atoms. The van der Waals surface area contributed by atoms with Gasteiger partial charge in [0.25, 0.3) is 10.1 Å². The molecule has 0 radical (unpaired) electrons. The lowest BCUT2D eigenvalue weighted by molar-refractivity contribution is 0.221. The summed E-state index contributed by atoms with van der Waals surface area (Å²) in [4.78, 5) is 4.57. The molecule has 42 heavy (non-hydrogen) atoms. The van der Waals surface area contributed by atoms with Crippen LogP contribution in [0.15, 0.2) is 66.0 Å². The molecule has 0 bridgehead atoms. The van der Waals surface area contributed by atoms with E-state index in [1.165, 1.54) is 19.2 Å². The van der Waals surface area contributed by atoms with E-state index in [2.05, 4.69) is 9.17 Å². The highest BCUT2D eigenvalue weighted by Crippen LogP contribution is 2.39.